The highest BCUT2D eigenvalue weighted by Crippen LogP contribution is 2.16. The van der Waals surface area contributed by atoms with Crippen LogP contribution in [0.2, 0.25) is 10.2 Å². The van der Waals surface area contributed by atoms with E-state index in [-0.39, 0.29) is 27.8 Å². The minimum absolute atomic E-state index is 0.0145. The van der Waals surface area contributed by atoms with E-state index in [4.69, 9.17) is 27.9 Å². The van der Waals surface area contributed by atoms with Gasteiger partial charge in [0.25, 0.3) is 5.91 Å². The predicted octanol–water partition coefficient (Wildman–Crippen LogP) is 2.54. The molecule has 1 rings (SSSR count). The highest BCUT2D eigenvalue weighted by Gasteiger charge is 2.15. The monoisotopic (exact) mass is 276 g/mol. The molecule has 0 bridgehead atoms. The van der Waals surface area contributed by atoms with E-state index >= 15 is 0 Å². The second-order valence-electron chi connectivity index (χ2n) is 3.62. The van der Waals surface area contributed by atoms with Crippen molar-refractivity contribution in [2.75, 3.05) is 13.7 Å². The van der Waals surface area contributed by atoms with Crippen molar-refractivity contribution in [1.82, 2.24) is 10.3 Å². The smallest absolute Gasteiger partial charge is 0.271 e. The highest BCUT2D eigenvalue weighted by atomic mass is 35.5. The molecule has 0 saturated carbocycles. The van der Waals surface area contributed by atoms with Gasteiger partial charge in [0.2, 0.25) is 0 Å². The molecule has 0 fully saturated rings. The van der Waals surface area contributed by atoms with Crippen molar-refractivity contribution in [3.63, 3.8) is 0 Å². The van der Waals surface area contributed by atoms with Gasteiger partial charge in [0, 0.05) is 19.8 Å². The first-order chi connectivity index (χ1) is 8.04. The Morgan fingerprint density at radius 2 is 2.24 bits per heavy atom. The van der Waals surface area contributed by atoms with E-state index in [2.05, 4.69) is 10.3 Å². The molecule has 17 heavy (non-hydrogen) atoms. The third kappa shape index (κ3) is 4.50. The number of halogens is 2. The Morgan fingerprint density at radius 3 is 2.88 bits per heavy atom. The van der Waals surface area contributed by atoms with E-state index in [1.807, 2.05) is 6.92 Å². The molecule has 0 aliphatic heterocycles. The number of rotatable bonds is 5. The molecule has 0 aromatic carbocycles. The number of pyridine rings is 1. The summed E-state index contributed by atoms with van der Waals surface area (Å²) in [6.07, 6.45) is 0.723. The van der Waals surface area contributed by atoms with Crippen molar-refractivity contribution in [3.8, 4) is 0 Å². The first-order valence-corrected chi connectivity index (χ1v) is 5.92. The third-order valence-electron chi connectivity index (χ3n) is 2.16. The summed E-state index contributed by atoms with van der Waals surface area (Å²) < 4.78 is 4.93. The normalized spacial score (nSPS) is 12.2. The number of ether oxygens (including phenoxy) is 1. The van der Waals surface area contributed by atoms with Gasteiger partial charge < -0.3 is 10.1 Å². The van der Waals surface area contributed by atoms with E-state index in [1.54, 1.807) is 13.2 Å². The van der Waals surface area contributed by atoms with Crippen LogP contribution in [-0.4, -0.2) is 30.6 Å². The van der Waals surface area contributed by atoms with Gasteiger partial charge in [-0.2, -0.15) is 0 Å². The van der Waals surface area contributed by atoms with Gasteiger partial charge in [-0.3, -0.25) is 4.79 Å². The summed E-state index contributed by atoms with van der Waals surface area (Å²) >= 11 is 11.6. The van der Waals surface area contributed by atoms with Crippen molar-refractivity contribution >= 4 is 29.1 Å². The topological polar surface area (TPSA) is 51.2 Å². The molecule has 0 radical (unpaired) electrons. The van der Waals surface area contributed by atoms with Gasteiger partial charge in [0.05, 0.1) is 5.02 Å². The summed E-state index contributed by atoms with van der Waals surface area (Å²) in [4.78, 5) is 15.7. The van der Waals surface area contributed by atoms with E-state index in [9.17, 15) is 4.79 Å². The number of nitrogens with one attached hydrogen (secondary N) is 1. The number of aromatic nitrogens is 1. The summed E-state index contributed by atoms with van der Waals surface area (Å²) in [6.45, 7) is 2.47. The van der Waals surface area contributed by atoms with E-state index in [0.29, 0.717) is 6.61 Å². The number of nitrogens with zero attached hydrogens (tertiary/aromatic N) is 1. The van der Waals surface area contributed by atoms with Gasteiger partial charge in [0.1, 0.15) is 10.8 Å². The van der Waals surface area contributed by atoms with Crippen LogP contribution in [0.15, 0.2) is 12.1 Å². The number of amides is 1. The second-order valence-corrected chi connectivity index (χ2v) is 4.41. The standard InChI is InChI=1S/C11H14Cl2N2O2/c1-7(5-6-17-2)14-11(16)10-8(12)3-4-9(13)15-10/h3-4,7H,5-6H2,1-2H3,(H,14,16). The molecular formula is C11H14Cl2N2O2. The molecule has 0 aliphatic rings. The SMILES string of the molecule is COCCC(C)NC(=O)c1nc(Cl)ccc1Cl. The lowest BCUT2D eigenvalue weighted by Gasteiger charge is -2.13. The van der Waals surface area contributed by atoms with Crippen LogP contribution in [0.1, 0.15) is 23.8 Å². The lowest BCUT2D eigenvalue weighted by atomic mass is 10.2. The van der Waals surface area contributed by atoms with Crippen LogP contribution in [0.5, 0.6) is 0 Å². The Bertz CT molecular complexity index is 399. The van der Waals surface area contributed by atoms with E-state index in [1.165, 1.54) is 6.07 Å². The van der Waals surface area contributed by atoms with Crippen LogP contribution in [0, 0.1) is 0 Å². The Hall–Kier alpha value is -0.840. The van der Waals surface area contributed by atoms with Crippen molar-refractivity contribution < 1.29 is 9.53 Å². The molecule has 1 N–H and O–H groups in total. The largest absolute Gasteiger partial charge is 0.385 e. The second kappa shape index (κ2) is 6.79. The van der Waals surface area contributed by atoms with Crippen LogP contribution in [0.4, 0.5) is 0 Å². The average Bonchev–Trinajstić information content (AvgIpc) is 2.29. The molecule has 4 nitrogen and oxygen atoms in total. The maximum absolute atomic E-state index is 11.8. The predicted molar refractivity (Wildman–Crippen MR) is 67.7 cm³/mol. The molecule has 1 aromatic heterocycles. The van der Waals surface area contributed by atoms with Crippen molar-refractivity contribution in [1.29, 1.82) is 0 Å². The van der Waals surface area contributed by atoms with Gasteiger partial charge in [-0.05, 0) is 25.5 Å². The van der Waals surface area contributed by atoms with Gasteiger partial charge in [-0.15, -0.1) is 0 Å². The molecule has 0 aliphatic carbocycles. The Labute approximate surface area is 110 Å². The van der Waals surface area contributed by atoms with Crippen molar-refractivity contribution in [3.05, 3.63) is 28.0 Å². The molecule has 6 heteroatoms. The molecule has 0 saturated heterocycles. The molecule has 1 unspecified atom stereocenters. The van der Waals surface area contributed by atoms with Crippen molar-refractivity contribution in [2.24, 2.45) is 0 Å². The first-order valence-electron chi connectivity index (χ1n) is 5.16. The van der Waals surface area contributed by atoms with Gasteiger partial charge in [-0.1, -0.05) is 23.2 Å². The summed E-state index contributed by atoms with van der Waals surface area (Å²) in [5.41, 5.74) is 0.142. The van der Waals surface area contributed by atoms with E-state index < -0.39 is 0 Å². The maximum Gasteiger partial charge on any atom is 0.271 e. The van der Waals surface area contributed by atoms with Crippen LogP contribution >= 0.6 is 23.2 Å². The lowest BCUT2D eigenvalue weighted by molar-refractivity contribution is 0.0925. The fourth-order valence-electron chi connectivity index (χ4n) is 1.24. The fourth-order valence-corrected chi connectivity index (χ4v) is 1.58. The van der Waals surface area contributed by atoms with Gasteiger partial charge in [0.15, 0.2) is 0 Å². The number of hydrogen-bond donors (Lipinski definition) is 1. The van der Waals surface area contributed by atoms with Gasteiger partial charge >= 0.3 is 0 Å². The number of methoxy groups -OCH3 is 1. The lowest BCUT2D eigenvalue weighted by Crippen LogP contribution is -2.34. The quantitative estimate of drug-likeness (QED) is 0.841. The molecular weight excluding hydrogens is 263 g/mol. The number of hydrogen-bond acceptors (Lipinski definition) is 3. The van der Waals surface area contributed by atoms with Gasteiger partial charge in [-0.25, -0.2) is 4.98 Å². The minimum Gasteiger partial charge on any atom is -0.385 e. The van der Waals surface area contributed by atoms with Crippen LogP contribution in [0.3, 0.4) is 0 Å². The fraction of sp³-hybridized carbons (Fsp3) is 0.455. The minimum atomic E-state index is -0.332. The Kier molecular flexibility index (Phi) is 5.68. The van der Waals surface area contributed by atoms with Crippen LogP contribution < -0.4 is 5.32 Å². The highest BCUT2D eigenvalue weighted by molar-refractivity contribution is 6.34. The summed E-state index contributed by atoms with van der Waals surface area (Å²) in [5, 5.41) is 3.30. The molecule has 1 amide bonds. The number of carbonyl (C=O) groups excluding carboxylic acids is 1. The summed E-state index contributed by atoms with van der Waals surface area (Å²) in [6, 6.07) is 3.07. The zero-order valence-electron chi connectivity index (χ0n) is 9.67. The zero-order valence-corrected chi connectivity index (χ0v) is 11.2. The molecule has 1 aromatic rings. The molecule has 0 spiro atoms. The summed E-state index contributed by atoms with van der Waals surface area (Å²) in [7, 11) is 1.62. The van der Waals surface area contributed by atoms with Crippen LogP contribution in [0.25, 0.3) is 0 Å². The molecule has 1 heterocycles. The van der Waals surface area contributed by atoms with E-state index in [0.717, 1.165) is 6.42 Å². The zero-order chi connectivity index (χ0) is 12.8. The maximum atomic E-state index is 11.8. The molecule has 94 valence electrons. The van der Waals surface area contributed by atoms with Crippen molar-refractivity contribution in [2.45, 2.75) is 19.4 Å². The number of carbonyl (C=O) groups is 1. The Morgan fingerprint density at radius 1 is 1.53 bits per heavy atom. The Balaban J connectivity index is 2.66. The first kappa shape index (κ1) is 14.2. The molecule has 1 atom stereocenters. The summed E-state index contributed by atoms with van der Waals surface area (Å²) in [5.74, 6) is -0.332. The third-order valence-corrected chi connectivity index (χ3v) is 2.68. The van der Waals surface area contributed by atoms with Crippen LogP contribution in [-0.2, 0) is 4.74 Å². The average molecular weight is 277 g/mol.